The molecule has 107 valence electrons. The van der Waals surface area contributed by atoms with Crippen LogP contribution in [-0.4, -0.2) is 35.9 Å². The Bertz CT molecular complexity index is 481. The highest BCUT2D eigenvalue weighted by Gasteiger charge is 2.16. The summed E-state index contributed by atoms with van der Waals surface area (Å²) in [5.74, 6) is -0.570. The number of carbonyl (C=O) groups excluding carboxylic acids is 1. The number of carbonyl (C=O) groups is 1. The van der Waals surface area contributed by atoms with Crippen molar-refractivity contribution in [1.82, 2.24) is 5.01 Å². The van der Waals surface area contributed by atoms with Gasteiger partial charge in [-0.05, 0) is 37.5 Å². The fourth-order valence-corrected chi connectivity index (χ4v) is 1.77. The minimum absolute atomic E-state index is 0.0671. The fraction of sp³-hybridized carbons (Fsp3) is 0.385. The number of ether oxygens (including phenoxy) is 1. The summed E-state index contributed by atoms with van der Waals surface area (Å²) in [6.07, 6.45) is 2.02. The first-order valence-electron chi connectivity index (χ1n) is 6.31. The van der Waals surface area contributed by atoms with Crippen molar-refractivity contribution in [2.24, 2.45) is 5.22 Å². The highest BCUT2D eigenvalue weighted by Crippen LogP contribution is 2.08. The topological polar surface area (TPSA) is 77.2 Å². The van der Waals surface area contributed by atoms with Crippen LogP contribution in [-0.2, 0) is 9.57 Å². The summed E-state index contributed by atoms with van der Waals surface area (Å²) in [5, 5.41) is 16.6. The highest BCUT2D eigenvalue weighted by atomic mass is 16.9. The van der Waals surface area contributed by atoms with Crippen LogP contribution in [0.3, 0.4) is 0 Å². The molecule has 1 heterocycles. The number of benzene rings is 1. The lowest BCUT2D eigenvalue weighted by atomic mass is 10.2. The zero-order chi connectivity index (χ0) is 14.4. The van der Waals surface area contributed by atoms with Crippen molar-refractivity contribution in [3.8, 4) is 0 Å². The van der Waals surface area contributed by atoms with Crippen LogP contribution in [0, 0.1) is 12.1 Å². The zero-order valence-corrected chi connectivity index (χ0v) is 11.0. The third-order valence-electron chi connectivity index (χ3n) is 2.82. The minimum Gasteiger partial charge on any atom is -0.447 e. The molecule has 1 saturated heterocycles. The molecular formula is C13H16N3O4. The summed E-state index contributed by atoms with van der Waals surface area (Å²) in [7, 11) is 0. The van der Waals surface area contributed by atoms with Crippen molar-refractivity contribution in [2.75, 3.05) is 19.9 Å². The highest BCUT2D eigenvalue weighted by molar-refractivity contribution is 5.89. The fourth-order valence-electron chi connectivity index (χ4n) is 1.77. The van der Waals surface area contributed by atoms with E-state index in [-0.39, 0.29) is 5.02 Å². The molecule has 0 amide bonds. The maximum atomic E-state index is 11.6. The second-order valence-electron chi connectivity index (χ2n) is 4.36. The van der Waals surface area contributed by atoms with Gasteiger partial charge in [0.2, 0.25) is 0 Å². The van der Waals surface area contributed by atoms with Crippen LogP contribution in [0.25, 0.3) is 0 Å². The Morgan fingerprint density at radius 1 is 1.35 bits per heavy atom. The van der Waals surface area contributed by atoms with E-state index >= 15 is 0 Å². The Kier molecular flexibility index (Phi) is 4.75. The van der Waals surface area contributed by atoms with E-state index in [9.17, 15) is 10.0 Å². The monoisotopic (exact) mass is 278 g/mol. The molecule has 2 rings (SSSR count). The van der Waals surface area contributed by atoms with Gasteiger partial charge in [-0.3, -0.25) is 0 Å². The van der Waals surface area contributed by atoms with E-state index in [4.69, 9.17) is 4.74 Å². The summed E-state index contributed by atoms with van der Waals surface area (Å²) in [6, 6.07) is 6.57. The molecule has 20 heavy (non-hydrogen) atoms. The molecular weight excluding hydrogens is 262 g/mol. The van der Waals surface area contributed by atoms with E-state index in [1.54, 1.807) is 29.3 Å². The zero-order valence-electron chi connectivity index (χ0n) is 11.0. The normalized spacial score (nSPS) is 15.2. The molecule has 1 aliphatic heterocycles. The average Bonchev–Trinajstić information content (AvgIpc) is 2.92. The smallest absolute Gasteiger partial charge is 0.339 e. The summed E-state index contributed by atoms with van der Waals surface area (Å²) in [6.45, 7) is 4.70. The Balaban J connectivity index is 1.74. The van der Waals surface area contributed by atoms with Crippen molar-refractivity contribution in [1.29, 1.82) is 0 Å². The van der Waals surface area contributed by atoms with E-state index in [1.165, 1.54) is 0 Å². The third kappa shape index (κ3) is 4.11. The SMILES string of the molecule is [CH2]c1ccc(C(=O)OCO/[N+]([O-])=N\N2CCCC2)cc1. The molecule has 1 aromatic carbocycles. The van der Waals surface area contributed by atoms with Crippen LogP contribution in [0.4, 0.5) is 0 Å². The molecule has 0 saturated carbocycles. The standard InChI is InChI=1S/C13H16N3O4/c1-11-4-6-12(7-5-11)13(17)19-10-20-16(18)14-15-8-2-3-9-15/h4-7H,1-3,8-10H2/b16-14-. The van der Waals surface area contributed by atoms with Crippen molar-refractivity contribution in [2.45, 2.75) is 12.8 Å². The first kappa shape index (κ1) is 14.1. The van der Waals surface area contributed by atoms with Gasteiger partial charge in [-0.15, -0.1) is 0 Å². The maximum absolute atomic E-state index is 11.6. The number of hydrogen-bond acceptors (Lipinski definition) is 5. The van der Waals surface area contributed by atoms with E-state index in [2.05, 4.69) is 17.0 Å². The molecule has 1 radical (unpaired) electrons. The van der Waals surface area contributed by atoms with E-state index in [0.29, 0.717) is 5.56 Å². The molecule has 0 aromatic heterocycles. The van der Waals surface area contributed by atoms with Crippen LogP contribution in [0.2, 0.25) is 0 Å². The second-order valence-corrected chi connectivity index (χ2v) is 4.36. The average molecular weight is 278 g/mol. The van der Waals surface area contributed by atoms with Gasteiger partial charge < -0.3 is 14.8 Å². The molecule has 0 unspecified atom stereocenters. The molecule has 1 aliphatic rings. The van der Waals surface area contributed by atoms with E-state index in [1.807, 2.05) is 0 Å². The first-order valence-corrected chi connectivity index (χ1v) is 6.31. The predicted octanol–water partition coefficient (Wildman–Crippen LogP) is 1.89. The van der Waals surface area contributed by atoms with Gasteiger partial charge in [-0.1, -0.05) is 12.1 Å². The second kappa shape index (κ2) is 6.74. The number of esters is 1. The lowest BCUT2D eigenvalue weighted by Gasteiger charge is -2.10. The minimum atomic E-state index is -0.570. The van der Waals surface area contributed by atoms with Crippen molar-refractivity contribution in [3.63, 3.8) is 0 Å². The molecule has 1 fully saturated rings. The summed E-state index contributed by atoms with van der Waals surface area (Å²) >= 11 is 0. The first-order chi connectivity index (χ1) is 9.65. The number of rotatable bonds is 5. The van der Waals surface area contributed by atoms with E-state index < -0.39 is 12.8 Å². The molecule has 1 aromatic rings. The lowest BCUT2D eigenvalue weighted by Crippen LogP contribution is -2.18. The molecule has 7 nitrogen and oxygen atoms in total. The van der Waals surface area contributed by atoms with Crippen molar-refractivity contribution >= 4 is 5.97 Å². The van der Waals surface area contributed by atoms with Gasteiger partial charge in [0, 0.05) is 0 Å². The lowest BCUT2D eigenvalue weighted by molar-refractivity contribution is -0.805. The van der Waals surface area contributed by atoms with Gasteiger partial charge in [0.1, 0.15) is 18.3 Å². The van der Waals surface area contributed by atoms with Crippen molar-refractivity contribution < 1.29 is 19.4 Å². The summed E-state index contributed by atoms with van der Waals surface area (Å²) in [5.41, 5.74) is 1.17. The number of nitrogens with zero attached hydrogens (tertiary/aromatic N) is 3. The Labute approximate surface area is 116 Å². The van der Waals surface area contributed by atoms with Gasteiger partial charge in [-0.2, -0.15) is 5.01 Å². The van der Waals surface area contributed by atoms with Gasteiger partial charge in [0.05, 0.1) is 10.6 Å². The maximum Gasteiger partial charge on any atom is 0.339 e. The predicted molar refractivity (Wildman–Crippen MR) is 69.1 cm³/mol. The summed E-state index contributed by atoms with van der Waals surface area (Å²) < 4.78 is 4.80. The van der Waals surface area contributed by atoms with Crippen LogP contribution < -0.4 is 0 Å². The van der Waals surface area contributed by atoms with E-state index in [0.717, 1.165) is 31.5 Å². The van der Waals surface area contributed by atoms with Gasteiger partial charge in [0.15, 0.2) is 6.79 Å². The Hall–Kier alpha value is -2.31. The number of hydrogen-bond donors (Lipinski definition) is 0. The van der Waals surface area contributed by atoms with Gasteiger partial charge in [-0.25, -0.2) is 4.79 Å². The molecule has 0 N–H and O–H groups in total. The van der Waals surface area contributed by atoms with Crippen LogP contribution in [0.15, 0.2) is 29.5 Å². The van der Waals surface area contributed by atoms with Crippen LogP contribution in [0.1, 0.15) is 28.8 Å². The molecule has 0 spiro atoms. The van der Waals surface area contributed by atoms with Crippen LogP contribution in [0.5, 0.6) is 0 Å². The molecule has 7 heteroatoms. The molecule has 0 atom stereocenters. The van der Waals surface area contributed by atoms with Crippen LogP contribution >= 0.6 is 0 Å². The Morgan fingerprint density at radius 3 is 2.65 bits per heavy atom. The molecule has 0 bridgehead atoms. The quantitative estimate of drug-likeness (QED) is 0.356. The largest absolute Gasteiger partial charge is 0.447 e. The summed E-state index contributed by atoms with van der Waals surface area (Å²) in [4.78, 5) is 16.2. The van der Waals surface area contributed by atoms with Gasteiger partial charge in [0.25, 0.3) is 0 Å². The van der Waals surface area contributed by atoms with Crippen molar-refractivity contribution in [3.05, 3.63) is 47.5 Å². The Morgan fingerprint density at radius 2 is 2.00 bits per heavy atom. The molecule has 0 aliphatic carbocycles. The van der Waals surface area contributed by atoms with Gasteiger partial charge >= 0.3 is 5.97 Å². The third-order valence-corrected chi connectivity index (χ3v) is 2.82.